The van der Waals surface area contributed by atoms with Crippen molar-refractivity contribution < 1.29 is 4.74 Å². The lowest BCUT2D eigenvalue weighted by atomic mass is 9.94. The molecule has 0 aliphatic rings. The predicted molar refractivity (Wildman–Crippen MR) is 78.6 cm³/mol. The zero-order valence-electron chi connectivity index (χ0n) is 11.8. The molecule has 0 aromatic heterocycles. The summed E-state index contributed by atoms with van der Waals surface area (Å²) in [6.45, 7) is 7.74. The van der Waals surface area contributed by atoms with Crippen molar-refractivity contribution >= 4 is 11.6 Å². The minimum atomic E-state index is 0.494. The van der Waals surface area contributed by atoms with Crippen LogP contribution in [0.1, 0.15) is 32.8 Å². The summed E-state index contributed by atoms with van der Waals surface area (Å²) in [6, 6.07) is 6.30. The van der Waals surface area contributed by atoms with Gasteiger partial charge < -0.3 is 10.1 Å². The Bertz CT molecular complexity index is 368. The standard InChI is InChI=1S/C15H24ClNO/c1-5-8-17-12(3)11(2)9-13-10-14(16)6-7-15(13)18-4/h6-7,10-12,17H,5,8-9H2,1-4H3. The number of nitrogens with one attached hydrogen (secondary N) is 1. The summed E-state index contributed by atoms with van der Waals surface area (Å²) >= 11 is 6.05. The highest BCUT2D eigenvalue weighted by molar-refractivity contribution is 6.30. The summed E-state index contributed by atoms with van der Waals surface area (Å²) in [6.07, 6.45) is 2.14. The van der Waals surface area contributed by atoms with Crippen LogP contribution in [-0.4, -0.2) is 19.7 Å². The van der Waals surface area contributed by atoms with Gasteiger partial charge in [-0.05, 0) is 56.0 Å². The predicted octanol–water partition coefficient (Wildman–Crippen LogP) is 3.92. The fourth-order valence-electron chi connectivity index (χ4n) is 2.00. The SMILES string of the molecule is CCCNC(C)C(C)Cc1cc(Cl)ccc1OC. The minimum absolute atomic E-state index is 0.494. The lowest BCUT2D eigenvalue weighted by molar-refractivity contribution is 0.380. The molecule has 0 saturated heterocycles. The van der Waals surface area contributed by atoms with Crippen molar-refractivity contribution in [1.82, 2.24) is 5.32 Å². The summed E-state index contributed by atoms with van der Waals surface area (Å²) < 4.78 is 5.38. The van der Waals surface area contributed by atoms with Crippen molar-refractivity contribution in [2.75, 3.05) is 13.7 Å². The third-order valence-electron chi connectivity index (χ3n) is 3.35. The largest absolute Gasteiger partial charge is 0.496 e. The van der Waals surface area contributed by atoms with Gasteiger partial charge in [-0.1, -0.05) is 25.4 Å². The van der Waals surface area contributed by atoms with Gasteiger partial charge in [-0.2, -0.15) is 0 Å². The molecule has 0 spiro atoms. The number of benzene rings is 1. The average molecular weight is 270 g/mol. The zero-order chi connectivity index (χ0) is 13.5. The number of hydrogen-bond donors (Lipinski definition) is 1. The first-order valence-electron chi connectivity index (χ1n) is 6.64. The van der Waals surface area contributed by atoms with Crippen molar-refractivity contribution in [1.29, 1.82) is 0 Å². The van der Waals surface area contributed by atoms with Gasteiger partial charge in [0.2, 0.25) is 0 Å². The topological polar surface area (TPSA) is 21.3 Å². The molecule has 0 fully saturated rings. The maximum Gasteiger partial charge on any atom is 0.122 e. The second kappa shape index (κ2) is 7.65. The molecule has 0 heterocycles. The van der Waals surface area contributed by atoms with Crippen LogP contribution in [0.3, 0.4) is 0 Å². The molecule has 1 aromatic rings. The van der Waals surface area contributed by atoms with E-state index in [1.165, 1.54) is 5.56 Å². The van der Waals surface area contributed by atoms with Crippen LogP contribution < -0.4 is 10.1 Å². The first kappa shape index (κ1) is 15.3. The Labute approximate surface area is 116 Å². The Morgan fingerprint density at radius 2 is 2.06 bits per heavy atom. The van der Waals surface area contributed by atoms with Gasteiger partial charge in [-0.3, -0.25) is 0 Å². The quantitative estimate of drug-likeness (QED) is 0.810. The third-order valence-corrected chi connectivity index (χ3v) is 3.59. The molecule has 2 nitrogen and oxygen atoms in total. The molecule has 2 atom stereocenters. The fraction of sp³-hybridized carbons (Fsp3) is 0.600. The first-order chi connectivity index (χ1) is 8.58. The molecule has 2 unspecified atom stereocenters. The third kappa shape index (κ3) is 4.51. The van der Waals surface area contributed by atoms with Crippen LogP contribution in [0, 0.1) is 5.92 Å². The van der Waals surface area contributed by atoms with E-state index in [0.717, 1.165) is 30.2 Å². The van der Waals surface area contributed by atoms with E-state index in [1.54, 1.807) is 7.11 Å². The number of ether oxygens (including phenoxy) is 1. The molecule has 3 heteroatoms. The second-order valence-corrected chi connectivity index (χ2v) is 5.32. The Hall–Kier alpha value is -0.730. The van der Waals surface area contributed by atoms with E-state index in [4.69, 9.17) is 16.3 Å². The Morgan fingerprint density at radius 3 is 2.67 bits per heavy atom. The van der Waals surface area contributed by atoms with Gasteiger partial charge in [0.15, 0.2) is 0 Å². The molecular weight excluding hydrogens is 246 g/mol. The zero-order valence-corrected chi connectivity index (χ0v) is 12.6. The van der Waals surface area contributed by atoms with Gasteiger partial charge >= 0.3 is 0 Å². The van der Waals surface area contributed by atoms with Crippen molar-refractivity contribution in [2.45, 2.75) is 39.7 Å². The molecule has 1 N–H and O–H groups in total. The molecular formula is C15H24ClNO. The van der Waals surface area contributed by atoms with E-state index < -0.39 is 0 Å². The van der Waals surface area contributed by atoms with Crippen molar-refractivity contribution in [2.24, 2.45) is 5.92 Å². The van der Waals surface area contributed by atoms with Crippen LogP contribution in [0.15, 0.2) is 18.2 Å². The van der Waals surface area contributed by atoms with E-state index in [1.807, 2.05) is 18.2 Å². The summed E-state index contributed by atoms with van der Waals surface area (Å²) in [4.78, 5) is 0. The molecule has 18 heavy (non-hydrogen) atoms. The van der Waals surface area contributed by atoms with Crippen LogP contribution in [-0.2, 0) is 6.42 Å². The maximum absolute atomic E-state index is 6.05. The lowest BCUT2D eigenvalue weighted by Gasteiger charge is -2.22. The molecule has 0 amide bonds. The highest BCUT2D eigenvalue weighted by Crippen LogP contribution is 2.26. The Balaban J connectivity index is 2.68. The summed E-state index contributed by atoms with van der Waals surface area (Å²) in [5, 5.41) is 4.30. The van der Waals surface area contributed by atoms with E-state index in [0.29, 0.717) is 12.0 Å². The summed E-state index contributed by atoms with van der Waals surface area (Å²) in [7, 11) is 1.70. The van der Waals surface area contributed by atoms with Crippen molar-refractivity contribution in [3.63, 3.8) is 0 Å². The van der Waals surface area contributed by atoms with Gasteiger partial charge in [-0.25, -0.2) is 0 Å². The lowest BCUT2D eigenvalue weighted by Crippen LogP contribution is -2.33. The molecule has 0 saturated carbocycles. The van der Waals surface area contributed by atoms with Gasteiger partial charge in [-0.15, -0.1) is 0 Å². The molecule has 1 rings (SSSR count). The van der Waals surface area contributed by atoms with E-state index >= 15 is 0 Å². The first-order valence-corrected chi connectivity index (χ1v) is 7.02. The number of hydrogen-bond acceptors (Lipinski definition) is 2. The number of methoxy groups -OCH3 is 1. The second-order valence-electron chi connectivity index (χ2n) is 4.88. The maximum atomic E-state index is 6.05. The van der Waals surface area contributed by atoms with Crippen molar-refractivity contribution in [3.05, 3.63) is 28.8 Å². The monoisotopic (exact) mass is 269 g/mol. The van der Waals surface area contributed by atoms with E-state index in [9.17, 15) is 0 Å². The Kier molecular flexibility index (Phi) is 6.51. The molecule has 0 radical (unpaired) electrons. The normalized spacial score (nSPS) is 14.3. The number of rotatable bonds is 7. The van der Waals surface area contributed by atoms with E-state index in [-0.39, 0.29) is 0 Å². The highest BCUT2D eigenvalue weighted by atomic mass is 35.5. The molecule has 1 aromatic carbocycles. The molecule has 0 aliphatic carbocycles. The van der Waals surface area contributed by atoms with Crippen LogP contribution in [0.25, 0.3) is 0 Å². The van der Waals surface area contributed by atoms with Crippen LogP contribution in [0.2, 0.25) is 5.02 Å². The van der Waals surface area contributed by atoms with Crippen LogP contribution in [0.5, 0.6) is 5.75 Å². The summed E-state index contributed by atoms with van der Waals surface area (Å²) in [5.41, 5.74) is 1.18. The average Bonchev–Trinajstić information content (AvgIpc) is 2.36. The van der Waals surface area contributed by atoms with Gasteiger partial charge in [0.05, 0.1) is 7.11 Å². The Morgan fingerprint density at radius 1 is 1.33 bits per heavy atom. The van der Waals surface area contributed by atoms with Crippen LogP contribution >= 0.6 is 11.6 Å². The van der Waals surface area contributed by atoms with Gasteiger partial charge in [0.25, 0.3) is 0 Å². The summed E-state index contributed by atoms with van der Waals surface area (Å²) in [5.74, 6) is 1.47. The smallest absolute Gasteiger partial charge is 0.122 e. The fourth-order valence-corrected chi connectivity index (χ4v) is 2.20. The highest BCUT2D eigenvalue weighted by Gasteiger charge is 2.14. The minimum Gasteiger partial charge on any atom is -0.496 e. The molecule has 0 bridgehead atoms. The van der Waals surface area contributed by atoms with Gasteiger partial charge in [0, 0.05) is 11.1 Å². The molecule has 102 valence electrons. The molecule has 0 aliphatic heterocycles. The van der Waals surface area contributed by atoms with Crippen molar-refractivity contribution in [3.8, 4) is 5.75 Å². The van der Waals surface area contributed by atoms with E-state index in [2.05, 4.69) is 26.1 Å². The van der Waals surface area contributed by atoms with Crippen LogP contribution in [0.4, 0.5) is 0 Å². The number of halogens is 1. The van der Waals surface area contributed by atoms with Gasteiger partial charge in [0.1, 0.15) is 5.75 Å².